The maximum atomic E-state index is 15.4. The Morgan fingerprint density at radius 3 is 2.73 bits per heavy atom. The summed E-state index contributed by atoms with van der Waals surface area (Å²) in [5, 5.41) is 2.63. The quantitative estimate of drug-likeness (QED) is 0.225. The number of para-hydroxylation sites is 1. The van der Waals surface area contributed by atoms with Crippen LogP contribution in [0, 0.1) is 5.92 Å². The van der Waals surface area contributed by atoms with Crippen molar-refractivity contribution in [2.24, 2.45) is 5.92 Å². The maximum Gasteiger partial charge on any atom is 0.175 e. The highest BCUT2D eigenvalue weighted by Gasteiger charge is 2.40. The highest BCUT2D eigenvalue weighted by Crippen LogP contribution is 2.52. The van der Waals surface area contributed by atoms with Crippen LogP contribution in [0.25, 0.3) is 22.3 Å². The molecule has 4 heteroatoms. The van der Waals surface area contributed by atoms with Gasteiger partial charge in [-0.25, -0.2) is 4.98 Å². The summed E-state index contributed by atoms with van der Waals surface area (Å²) < 4.78 is 17.7. The first-order valence-electron chi connectivity index (χ1n) is 14.4. The van der Waals surface area contributed by atoms with E-state index in [9.17, 15) is 0 Å². The van der Waals surface area contributed by atoms with Gasteiger partial charge in [-0.3, -0.25) is 4.57 Å². The van der Waals surface area contributed by atoms with Crippen molar-refractivity contribution in [2.75, 3.05) is 0 Å². The van der Waals surface area contributed by atoms with Crippen LogP contribution in [0.3, 0.4) is 0 Å². The Hall–Kier alpha value is -4.46. The fourth-order valence-corrected chi connectivity index (χ4v) is 10.5. The van der Waals surface area contributed by atoms with Crippen LogP contribution in [0.2, 0.25) is 0 Å². The molecule has 0 spiro atoms. The fraction of sp³-hybridized carbons (Fsp3) is 0.108. The lowest BCUT2D eigenvalue weighted by atomic mass is 9.66. The van der Waals surface area contributed by atoms with E-state index in [0.29, 0.717) is 0 Å². The largest absolute Gasteiger partial charge is 0.308 e. The number of benzene rings is 3. The molecule has 196 valence electrons. The summed E-state index contributed by atoms with van der Waals surface area (Å²) in [6.45, 7) is 2.15. The standard InChI is InChI=1S/C37H27N2OP/c1-2-34-38-30-15-8-16-33-37(30)39(34)31-22-25(19-20-32(31)41(33,40)27-12-4-3-5-13-27)29-21-26-11-6-9-23-17-18-24-10-7-14-28(29)36(24)35(23)26/h3-10,12-22,36H,2,11H2,1H3. The summed E-state index contributed by atoms with van der Waals surface area (Å²) in [5.74, 6) is 1.26. The van der Waals surface area contributed by atoms with Crippen molar-refractivity contribution in [1.82, 2.24) is 9.55 Å². The zero-order valence-corrected chi connectivity index (χ0v) is 23.6. The number of aryl methyl sites for hydroxylation is 1. The number of aromatic nitrogens is 2. The van der Waals surface area contributed by atoms with Crippen LogP contribution in [-0.2, 0) is 11.0 Å². The molecule has 3 nitrogen and oxygen atoms in total. The molecule has 0 saturated heterocycles. The van der Waals surface area contributed by atoms with Gasteiger partial charge < -0.3 is 4.57 Å². The Morgan fingerprint density at radius 1 is 0.951 bits per heavy atom. The third-order valence-corrected chi connectivity index (χ3v) is 12.4. The average Bonchev–Trinajstić information content (AvgIpc) is 3.42. The maximum absolute atomic E-state index is 15.4. The molecule has 0 N–H and O–H groups in total. The third-order valence-electron chi connectivity index (χ3n) is 9.24. The molecule has 9 rings (SSSR count). The van der Waals surface area contributed by atoms with Crippen LogP contribution in [0.5, 0.6) is 0 Å². The molecule has 2 heterocycles. The lowest BCUT2D eigenvalue weighted by Crippen LogP contribution is -2.33. The Labute approximate surface area is 239 Å². The molecule has 2 unspecified atom stereocenters. The van der Waals surface area contributed by atoms with E-state index in [0.717, 1.165) is 56.9 Å². The van der Waals surface area contributed by atoms with Crippen molar-refractivity contribution >= 4 is 39.7 Å². The van der Waals surface area contributed by atoms with Gasteiger partial charge in [0.15, 0.2) is 7.14 Å². The van der Waals surface area contributed by atoms with Crippen LogP contribution in [-0.4, -0.2) is 9.55 Å². The molecule has 1 aliphatic heterocycles. The Kier molecular flexibility index (Phi) is 4.70. The molecular weight excluding hydrogens is 519 g/mol. The lowest BCUT2D eigenvalue weighted by Gasteiger charge is -2.37. The van der Waals surface area contributed by atoms with Crippen molar-refractivity contribution in [3.63, 3.8) is 0 Å². The van der Waals surface area contributed by atoms with E-state index in [1.165, 1.54) is 33.4 Å². The zero-order chi connectivity index (χ0) is 27.3. The van der Waals surface area contributed by atoms with E-state index in [2.05, 4.69) is 78.3 Å². The molecule has 0 amide bonds. The normalized spacial score (nSPS) is 23.0. The summed E-state index contributed by atoms with van der Waals surface area (Å²) >= 11 is 0. The minimum atomic E-state index is -3.12. The van der Waals surface area contributed by atoms with Gasteiger partial charge in [0.2, 0.25) is 0 Å². The van der Waals surface area contributed by atoms with E-state index < -0.39 is 7.14 Å². The van der Waals surface area contributed by atoms with Crippen molar-refractivity contribution in [1.29, 1.82) is 0 Å². The van der Waals surface area contributed by atoms with Crippen LogP contribution in [0.4, 0.5) is 0 Å². The second kappa shape index (κ2) is 8.28. The van der Waals surface area contributed by atoms with Gasteiger partial charge in [-0.05, 0) is 69.7 Å². The first kappa shape index (κ1) is 23.3. The van der Waals surface area contributed by atoms with E-state index in [4.69, 9.17) is 4.98 Å². The zero-order valence-electron chi connectivity index (χ0n) is 22.7. The molecule has 2 atom stereocenters. The van der Waals surface area contributed by atoms with Gasteiger partial charge in [0.05, 0.1) is 16.7 Å². The van der Waals surface area contributed by atoms with Crippen molar-refractivity contribution < 1.29 is 4.57 Å². The van der Waals surface area contributed by atoms with Crippen molar-refractivity contribution in [3.05, 3.63) is 155 Å². The SMILES string of the molecule is CCc1nc2cccc3c2n1-c1cc(C2=C4C=CC=C5C=CC6=C(C(=C2)CC=C6)C54)ccc1P3(=O)c1ccccc1. The Bertz CT molecular complexity index is 2130. The van der Waals surface area contributed by atoms with Gasteiger partial charge in [0, 0.05) is 28.3 Å². The number of imidazole rings is 1. The van der Waals surface area contributed by atoms with Gasteiger partial charge in [0.25, 0.3) is 0 Å². The molecule has 3 aromatic carbocycles. The summed E-state index contributed by atoms with van der Waals surface area (Å²) in [7, 11) is -3.12. The fourth-order valence-electron chi connectivity index (χ4n) is 7.47. The van der Waals surface area contributed by atoms with E-state index in [-0.39, 0.29) is 5.92 Å². The first-order chi connectivity index (χ1) is 20.2. The number of nitrogens with zero attached hydrogens (tertiary/aromatic N) is 2. The number of rotatable bonds is 3. The average molecular weight is 547 g/mol. The third kappa shape index (κ3) is 2.99. The van der Waals surface area contributed by atoms with Gasteiger partial charge >= 0.3 is 0 Å². The van der Waals surface area contributed by atoms with Crippen LogP contribution >= 0.6 is 7.14 Å². The van der Waals surface area contributed by atoms with E-state index in [1.54, 1.807) is 0 Å². The molecule has 41 heavy (non-hydrogen) atoms. The summed E-state index contributed by atoms with van der Waals surface area (Å²) in [5.41, 5.74) is 12.2. The predicted molar refractivity (Wildman–Crippen MR) is 169 cm³/mol. The lowest BCUT2D eigenvalue weighted by molar-refractivity contribution is 0.592. The monoisotopic (exact) mass is 546 g/mol. The van der Waals surface area contributed by atoms with Gasteiger partial charge in [0.1, 0.15) is 5.82 Å². The Morgan fingerprint density at radius 2 is 1.85 bits per heavy atom. The van der Waals surface area contributed by atoms with Crippen LogP contribution < -0.4 is 15.9 Å². The molecule has 0 saturated carbocycles. The molecule has 5 aliphatic rings. The van der Waals surface area contributed by atoms with Crippen LogP contribution in [0.15, 0.2) is 143 Å². The number of allylic oxidation sites excluding steroid dienone is 14. The summed E-state index contributed by atoms with van der Waals surface area (Å²) in [6.07, 6.45) is 19.9. The number of hydrogen-bond acceptors (Lipinski definition) is 2. The predicted octanol–water partition coefficient (Wildman–Crippen LogP) is 7.17. The van der Waals surface area contributed by atoms with Crippen molar-refractivity contribution in [3.8, 4) is 5.69 Å². The molecule has 0 bridgehead atoms. The molecule has 4 aromatic rings. The minimum Gasteiger partial charge on any atom is -0.308 e. The van der Waals surface area contributed by atoms with Gasteiger partial charge in [-0.1, -0.05) is 98.0 Å². The minimum absolute atomic E-state index is 0.262. The summed E-state index contributed by atoms with van der Waals surface area (Å²) in [6, 6.07) is 22.7. The summed E-state index contributed by atoms with van der Waals surface area (Å²) in [4.78, 5) is 5.03. The molecule has 1 aromatic heterocycles. The molecule has 0 radical (unpaired) electrons. The second-order valence-corrected chi connectivity index (χ2v) is 14.0. The topological polar surface area (TPSA) is 34.9 Å². The molecular formula is C37H27N2OP. The van der Waals surface area contributed by atoms with Crippen molar-refractivity contribution in [2.45, 2.75) is 19.8 Å². The van der Waals surface area contributed by atoms with Crippen LogP contribution in [0.1, 0.15) is 24.7 Å². The second-order valence-electron chi connectivity index (χ2n) is 11.3. The number of hydrogen-bond donors (Lipinski definition) is 0. The van der Waals surface area contributed by atoms with E-state index in [1.807, 2.05) is 48.5 Å². The first-order valence-corrected chi connectivity index (χ1v) is 16.1. The number of fused-ring (bicyclic) bond motifs is 2. The smallest absolute Gasteiger partial charge is 0.175 e. The Balaban J connectivity index is 1.34. The van der Waals surface area contributed by atoms with Gasteiger partial charge in [-0.15, -0.1) is 0 Å². The van der Waals surface area contributed by atoms with E-state index >= 15 is 4.57 Å². The molecule has 4 aliphatic carbocycles. The highest BCUT2D eigenvalue weighted by molar-refractivity contribution is 7.86. The van der Waals surface area contributed by atoms with Gasteiger partial charge in [-0.2, -0.15) is 0 Å². The molecule has 0 fully saturated rings. The highest BCUT2D eigenvalue weighted by atomic mass is 31.2.